The van der Waals surface area contributed by atoms with E-state index in [1.165, 1.54) is 0 Å². The van der Waals surface area contributed by atoms with Gasteiger partial charge in [0, 0.05) is 0 Å². The molecule has 5 nitrogen and oxygen atoms in total. The maximum atomic E-state index is 12.7. The number of hydrogen-bond acceptors (Lipinski definition) is 3. The molecule has 1 amide bonds. The Labute approximate surface area is 136 Å². The van der Waals surface area contributed by atoms with Gasteiger partial charge < -0.3 is 15.2 Å². The van der Waals surface area contributed by atoms with Gasteiger partial charge in [-0.2, -0.15) is 0 Å². The molecule has 1 aromatic carbocycles. The van der Waals surface area contributed by atoms with Crippen molar-refractivity contribution in [1.29, 1.82) is 0 Å². The van der Waals surface area contributed by atoms with Crippen molar-refractivity contribution < 1.29 is 19.4 Å². The highest BCUT2D eigenvalue weighted by Crippen LogP contribution is 2.43. The Kier molecular flexibility index (Phi) is 4.15. The number of rotatable bonds is 4. The SMILES string of the molecule is Cc1ccc(C)c([C@H](C)NC(=O)[C@H]2[C@H](C(=O)O)[C@H]3CC[C@H]2O3)c1. The largest absolute Gasteiger partial charge is 0.481 e. The third-order valence-electron chi connectivity index (χ3n) is 5.12. The van der Waals surface area contributed by atoms with Gasteiger partial charge in [-0.25, -0.2) is 0 Å². The Bertz CT molecular complexity index is 642. The zero-order valence-corrected chi connectivity index (χ0v) is 13.7. The molecule has 5 heteroatoms. The van der Waals surface area contributed by atoms with Gasteiger partial charge in [-0.05, 0) is 44.7 Å². The smallest absolute Gasteiger partial charge is 0.310 e. The fraction of sp³-hybridized carbons (Fsp3) is 0.556. The highest BCUT2D eigenvalue weighted by Gasteiger charge is 2.55. The number of carboxylic acid groups (broad SMARTS) is 1. The van der Waals surface area contributed by atoms with E-state index in [9.17, 15) is 14.7 Å². The predicted molar refractivity (Wildman–Crippen MR) is 85.0 cm³/mol. The number of carbonyl (C=O) groups is 2. The Balaban J connectivity index is 1.76. The van der Waals surface area contributed by atoms with Crippen molar-refractivity contribution in [2.75, 3.05) is 0 Å². The highest BCUT2D eigenvalue weighted by atomic mass is 16.5. The number of carboxylic acids is 1. The Hall–Kier alpha value is -1.88. The molecule has 2 fully saturated rings. The van der Waals surface area contributed by atoms with E-state index in [1.54, 1.807) is 0 Å². The Morgan fingerprint density at radius 1 is 1.22 bits per heavy atom. The van der Waals surface area contributed by atoms with Gasteiger partial charge in [-0.15, -0.1) is 0 Å². The fourth-order valence-electron chi connectivity index (χ4n) is 3.94. The second-order valence-corrected chi connectivity index (χ2v) is 6.77. The van der Waals surface area contributed by atoms with Crippen LogP contribution in [0.2, 0.25) is 0 Å². The number of aryl methyl sites for hydroxylation is 2. The average Bonchev–Trinajstić information content (AvgIpc) is 3.10. The van der Waals surface area contributed by atoms with Crippen LogP contribution in [0.4, 0.5) is 0 Å². The maximum absolute atomic E-state index is 12.7. The van der Waals surface area contributed by atoms with Gasteiger partial charge in [-0.1, -0.05) is 23.8 Å². The van der Waals surface area contributed by atoms with Crippen molar-refractivity contribution in [3.05, 3.63) is 34.9 Å². The number of amides is 1. The second-order valence-electron chi connectivity index (χ2n) is 6.77. The summed E-state index contributed by atoms with van der Waals surface area (Å²) in [5.74, 6) is -2.45. The quantitative estimate of drug-likeness (QED) is 0.894. The van der Waals surface area contributed by atoms with Crippen LogP contribution in [0.5, 0.6) is 0 Å². The van der Waals surface area contributed by atoms with Gasteiger partial charge in [0.25, 0.3) is 0 Å². The molecular formula is C18H23NO4. The van der Waals surface area contributed by atoms with Crippen molar-refractivity contribution in [1.82, 2.24) is 5.32 Å². The monoisotopic (exact) mass is 317 g/mol. The molecule has 0 spiro atoms. The molecule has 2 aliphatic heterocycles. The normalized spacial score (nSPS) is 30.2. The molecule has 0 aromatic heterocycles. The second kappa shape index (κ2) is 5.96. The molecule has 0 aliphatic carbocycles. The number of carbonyl (C=O) groups excluding carboxylic acids is 1. The van der Waals surface area contributed by atoms with Crippen molar-refractivity contribution in [3.63, 3.8) is 0 Å². The summed E-state index contributed by atoms with van der Waals surface area (Å²) in [6.07, 6.45) is 0.929. The molecular weight excluding hydrogens is 294 g/mol. The number of hydrogen-bond donors (Lipinski definition) is 2. The van der Waals surface area contributed by atoms with E-state index in [0.29, 0.717) is 0 Å². The lowest BCUT2D eigenvalue weighted by Crippen LogP contribution is -2.44. The molecule has 5 atom stereocenters. The van der Waals surface area contributed by atoms with Crippen LogP contribution in [-0.2, 0) is 14.3 Å². The standard InChI is InChI=1S/C18H23NO4/c1-9-4-5-10(2)12(8-9)11(3)19-17(20)15-13-6-7-14(23-13)16(15)18(21)22/h4-5,8,11,13-16H,6-7H2,1-3H3,(H,19,20)(H,21,22)/t11-,13+,14+,15+,16+/m0/s1. The summed E-state index contributed by atoms with van der Waals surface area (Å²) in [7, 11) is 0. The first-order valence-electron chi connectivity index (χ1n) is 8.14. The van der Waals surface area contributed by atoms with Crippen LogP contribution in [0.3, 0.4) is 0 Å². The van der Waals surface area contributed by atoms with Crippen LogP contribution in [0.15, 0.2) is 18.2 Å². The number of nitrogens with one attached hydrogen (secondary N) is 1. The van der Waals surface area contributed by atoms with E-state index >= 15 is 0 Å². The van der Waals surface area contributed by atoms with Crippen LogP contribution in [0.1, 0.15) is 42.5 Å². The van der Waals surface area contributed by atoms with E-state index in [0.717, 1.165) is 29.5 Å². The average molecular weight is 317 g/mol. The third kappa shape index (κ3) is 2.85. The minimum Gasteiger partial charge on any atom is -0.481 e. The van der Waals surface area contributed by atoms with Gasteiger partial charge in [0.1, 0.15) is 0 Å². The molecule has 124 valence electrons. The fourth-order valence-corrected chi connectivity index (χ4v) is 3.94. The number of aliphatic carboxylic acids is 1. The van der Waals surface area contributed by atoms with Gasteiger partial charge in [0.2, 0.25) is 5.91 Å². The van der Waals surface area contributed by atoms with Crippen LogP contribution >= 0.6 is 0 Å². The summed E-state index contributed by atoms with van der Waals surface area (Å²) in [6, 6.07) is 5.98. The van der Waals surface area contributed by atoms with Crippen LogP contribution in [0, 0.1) is 25.7 Å². The summed E-state index contributed by atoms with van der Waals surface area (Å²) in [5.41, 5.74) is 3.31. The molecule has 2 bridgehead atoms. The summed E-state index contributed by atoms with van der Waals surface area (Å²) in [4.78, 5) is 24.2. The summed E-state index contributed by atoms with van der Waals surface area (Å²) < 4.78 is 5.67. The van der Waals surface area contributed by atoms with Gasteiger partial charge in [0.15, 0.2) is 0 Å². The lowest BCUT2D eigenvalue weighted by Gasteiger charge is -2.26. The zero-order valence-electron chi connectivity index (χ0n) is 13.7. The highest BCUT2D eigenvalue weighted by molar-refractivity contribution is 5.86. The first-order chi connectivity index (χ1) is 10.9. The van der Waals surface area contributed by atoms with Crippen LogP contribution in [0.25, 0.3) is 0 Å². The topological polar surface area (TPSA) is 75.6 Å². The molecule has 23 heavy (non-hydrogen) atoms. The van der Waals surface area contributed by atoms with E-state index in [1.807, 2.05) is 32.9 Å². The zero-order chi connectivity index (χ0) is 16.7. The number of fused-ring (bicyclic) bond motifs is 2. The summed E-state index contributed by atoms with van der Waals surface area (Å²) >= 11 is 0. The molecule has 2 aliphatic rings. The van der Waals surface area contributed by atoms with E-state index in [2.05, 4.69) is 11.4 Å². The van der Waals surface area contributed by atoms with Crippen molar-refractivity contribution in [2.45, 2.75) is 51.9 Å². The summed E-state index contributed by atoms with van der Waals surface area (Å²) in [5, 5.41) is 12.4. The molecule has 2 saturated heterocycles. The van der Waals surface area contributed by atoms with Crippen LogP contribution in [-0.4, -0.2) is 29.2 Å². The van der Waals surface area contributed by atoms with E-state index < -0.39 is 17.8 Å². The first-order valence-corrected chi connectivity index (χ1v) is 8.14. The molecule has 0 radical (unpaired) electrons. The minimum atomic E-state index is -0.934. The number of ether oxygens (including phenoxy) is 1. The Morgan fingerprint density at radius 2 is 1.87 bits per heavy atom. The Morgan fingerprint density at radius 3 is 2.52 bits per heavy atom. The lowest BCUT2D eigenvalue weighted by atomic mass is 9.78. The molecule has 3 rings (SSSR count). The molecule has 2 N–H and O–H groups in total. The first kappa shape index (κ1) is 16.0. The van der Waals surface area contributed by atoms with Crippen molar-refractivity contribution in [2.24, 2.45) is 11.8 Å². The molecule has 2 heterocycles. The van der Waals surface area contributed by atoms with Crippen molar-refractivity contribution >= 4 is 11.9 Å². The van der Waals surface area contributed by atoms with E-state index in [4.69, 9.17) is 4.74 Å². The predicted octanol–water partition coefficient (Wildman–Crippen LogP) is 2.36. The third-order valence-corrected chi connectivity index (χ3v) is 5.12. The lowest BCUT2D eigenvalue weighted by molar-refractivity contribution is -0.148. The maximum Gasteiger partial charge on any atom is 0.310 e. The summed E-state index contributed by atoms with van der Waals surface area (Å²) in [6.45, 7) is 5.96. The molecule has 0 saturated carbocycles. The van der Waals surface area contributed by atoms with E-state index in [-0.39, 0.29) is 24.2 Å². The molecule has 1 aromatic rings. The van der Waals surface area contributed by atoms with Gasteiger partial charge >= 0.3 is 5.97 Å². The van der Waals surface area contributed by atoms with Crippen molar-refractivity contribution in [3.8, 4) is 0 Å². The van der Waals surface area contributed by atoms with Crippen LogP contribution < -0.4 is 5.32 Å². The molecule has 0 unspecified atom stereocenters. The number of benzene rings is 1. The van der Waals surface area contributed by atoms with Gasteiger partial charge in [0.05, 0.1) is 30.1 Å². The van der Waals surface area contributed by atoms with Gasteiger partial charge in [-0.3, -0.25) is 9.59 Å². The minimum absolute atomic E-state index is 0.157.